The monoisotopic (exact) mass is 239 g/mol. The molecule has 12 heavy (non-hydrogen) atoms. The molecule has 1 aromatic carbocycles. The van der Waals surface area contributed by atoms with Crippen LogP contribution in [0, 0.1) is 0 Å². The first-order valence-electron chi connectivity index (χ1n) is 3.70. The number of hydrogen-bond donors (Lipinski definition) is 0. The summed E-state index contributed by atoms with van der Waals surface area (Å²) < 4.78 is 0. The summed E-state index contributed by atoms with van der Waals surface area (Å²) in [6.07, 6.45) is 5.44. The smallest absolute Gasteiger partial charge is 0 e. The van der Waals surface area contributed by atoms with Crippen LogP contribution in [0.1, 0.15) is 24.0 Å². The molecule has 0 saturated heterocycles. The molecule has 0 saturated carbocycles. The normalized spacial score (nSPS) is 13.0. The van der Waals surface area contributed by atoms with Crippen LogP contribution in [0.5, 0.6) is 0 Å². The number of hydrogen-bond acceptors (Lipinski definition) is 0. The molecule has 0 nitrogen and oxygen atoms in total. The van der Waals surface area contributed by atoms with Crippen molar-refractivity contribution in [3.63, 3.8) is 0 Å². The minimum atomic E-state index is 0. The van der Waals surface area contributed by atoms with Crippen LogP contribution in [-0.4, -0.2) is 0 Å². The fraction of sp³-hybridized carbons (Fsp3) is 0.444. The summed E-state index contributed by atoms with van der Waals surface area (Å²) in [6, 6.07) is 6.69. The summed E-state index contributed by atoms with van der Waals surface area (Å²) in [7, 11) is 0. The van der Waals surface area contributed by atoms with Crippen LogP contribution in [-0.2, 0) is 34.6 Å². The van der Waals surface area contributed by atoms with E-state index in [2.05, 4.69) is 18.2 Å². The molecule has 0 spiro atoms. The second-order valence-corrected chi connectivity index (χ2v) is 2.78. The van der Waals surface area contributed by atoms with Crippen LogP contribution in [0.3, 0.4) is 0 Å². The average Bonchev–Trinajstić information content (AvgIpc) is 2.33. The minimum Gasteiger partial charge on any atom is -0.210 e. The van der Waals surface area contributed by atoms with Gasteiger partial charge in [0.15, 0.2) is 0 Å². The van der Waals surface area contributed by atoms with Gasteiger partial charge in [0.2, 0.25) is 0 Å². The van der Waals surface area contributed by atoms with Crippen LogP contribution in [0.2, 0.25) is 0 Å². The number of halogens is 2. The van der Waals surface area contributed by atoms with Gasteiger partial charge < -0.3 is 0 Å². The predicted molar refractivity (Wildman–Crippen MR) is 53.2 cm³/mol. The van der Waals surface area contributed by atoms with E-state index < -0.39 is 0 Å². The molecule has 0 fully saturated rings. The molecule has 0 unspecified atom stereocenters. The van der Waals surface area contributed by atoms with E-state index in [0.29, 0.717) is 0 Å². The third-order valence-corrected chi connectivity index (χ3v) is 2.15. The van der Waals surface area contributed by atoms with Gasteiger partial charge in [-0.3, -0.25) is 0 Å². The maximum absolute atomic E-state index is 2.26. The summed E-state index contributed by atoms with van der Waals surface area (Å²) in [4.78, 5) is 0. The predicted octanol–water partition coefficient (Wildman–Crippen LogP) is 3.13. The van der Waals surface area contributed by atoms with Crippen molar-refractivity contribution in [3.8, 4) is 0 Å². The van der Waals surface area contributed by atoms with E-state index in [4.69, 9.17) is 0 Å². The number of aryl methyl sites for hydroxylation is 2. The summed E-state index contributed by atoms with van der Waals surface area (Å²) in [5.41, 5.74) is 3.20. The van der Waals surface area contributed by atoms with Crippen molar-refractivity contribution in [2.24, 2.45) is 0 Å². The van der Waals surface area contributed by atoms with Crippen molar-refractivity contribution in [2.75, 3.05) is 0 Å². The Morgan fingerprint density at radius 1 is 1.08 bits per heavy atom. The Hall–Kier alpha value is 0.644. The molecule has 0 aliphatic heterocycles. The Morgan fingerprint density at radius 2 is 1.75 bits per heavy atom. The van der Waals surface area contributed by atoms with Crippen molar-refractivity contribution in [1.82, 2.24) is 0 Å². The molecular formula is C9H13Cl2Ti-. The largest absolute Gasteiger partial charge is 0.210 e. The molecule has 0 atom stereocenters. The molecule has 0 radical (unpaired) electrons. The SMILES string of the molecule is Cl.Cl.[Ti].c1cc2c([cH-]1)CCCC2. The number of fused-ring (bicyclic) bond motifs is 1. The van der Waals surface area contributed by atoms with E-state index in [1.165, 1.54) is 25.7 Å². The molecule has 0 heterocycles. The standard InChI is InChI=1S/C9H11.2ClH.Ti/c1-2-5-9-7-3-6-8(9)4-1;;;/h3,6-7H,1-2,4-5H2;2*1H;/q-1;;;. The van der Waals surface area contributed by atoms with Crippen molar-refractivity contribution < 1.29 is 21.7 Å². The van der Waals surface area contributed by atoms with Crippen LogP contribution in [0.4, 0.5) is 0 Å². The fourth-order valence-corrected chi connectivity index (χ4v) is 1.61. The molecule has 2 rings (SSSR count). The fourth-order valence-electron chi connectivity index (χ4n) is 1.61. The van der Waals surface area contributed by atoms with E-state index in [0.717, 1.165) is 0 Å². The van der Waals surface area contributed by atoms with Gasteiger partial charge in [-0.25, -0.2) is 6.07 Å². The van der Waals surface area contributed by atoms with Crippen LogP contribution in [0.15, 0.2) is 18.2 Å². The van der Waals surface area contributed by atoms with Crippen LogP contribution >= 0.6 is 24.8 Å². The summed E-state index contributed by atoms with van der Waals surface area (Å²) in [5.74, 6) is 0. The molecule has 1 aromatic rings. The molecular weight excluding hydrogens is 227 g/mol. The minimum absolute atomic E-state index is 0. The van der Waals surface area contributed by atoms with Crippen molar-refractivity contribution in [3.05, 3.63) is 29.3 Å². The van der Waals surface area contributed by atoms with Gasteiger partial charge in [0.25, 0.3) is 0 Å². The molecule has 1 aliphatic carbocycles. The van der Waals surface area contributed by atoms with Gasteiger partial charge in [0.1, 0.15) is 0 Å². The topological polar surface area (TPSA) is 0 Å². The molecule has 0 amide bonds. The van der Waals surface area contributed by atoms with E-state index in [1.807, 2.05) is 0 Å². The second-order valence-electron chi connectivity index (χ2n) is 2.78. The van der Waals surface area contributed by atoms with Crippen molar-refractivity contribution >= 4 is 24.8 Å². The van der Waals surface area contributed by atoms with Crippen LogP contribution in [0.25, 0.3) is 0 Å². The zero-order chi connectivity index (χ0) is 6.10. The first-order chi connectivity index (χ1) is 4.47. The average molecular weight is 240 g/mol. The van der Waals surface area contributed by atoms with Gasteiger partial charge in [-0.05, 0) is 0 Å². The van der Waals surface area contributed by atoms with E-state index in [-0.39, 0.29) is 46.5 Å². The first-order valence-corrected chi connectivity index (χ1v) is 3.70. The summed E-state index contributed by atoms with van der Waals surface area (Å²) in [5, 5.41) is 0. The second kappa shape index (κ2) is 7.09. The quantitative estimate of drug-likeness (QED) is 0.482. The first kappa shape index (κ1) is 15.1. The Labute approximate surface area is 101 Å². The van der Waals surface area contributed by atoms with E-state index in [1.54, 1.807) is 11.1 Å². The van der Waals surface area contributed by atoms with Crippen LogP contribution < -0.4 is 0 Å². The summed E-state index contributed by atoms with van der Waals surface area (Å²) >= 11 is 0. The number of rotatable bonds is 0. The Kier molecular flexibility index (Phi) is 8.94. The molecule has 0 bridgehead atoms. The molecule has 68 valence electrons. The molecule has 3 heteroatoms. The van der Waals surface area contributed by atoms with Gasteiger partial charge in [-0.15, -0.1) is 24.8 Å². The third kappa shape index (κ3) is 3.18. The van der Waals surface area contributed by atoms with Gasteiger partial charge >= 0.3 is 0 Å². The Bertz CT molecular complexity index is 188. The van der Waals surface area contributed by atoms with Crippen molar-refractivity contribution in [2.45, 2.75) is 25.7 Å². The van der Waals surface area contributed by atoms with E-state index >= 15 is 0 Å². The Balaban J connectivity index is 0. The molecule has 0 aromatic heterocycles. The van der Waals surface area contributed by atoms with Gasteiger partial charge in [-0.1, -0.05) is 25.7 Å². The zero-order valence-corrected chi connectivity index (χ0v) is 10.1. The maximum atomic E-state index is 2.26. The van der Waals surface area contributed by atoms with Gasteiger partial charge in [0.05, 0.1) is 0 Å². The summed E-state index contributed by atoms with van der Waals surface area (Å²) in [6.45, 7) is 0. The molecule has 0 N–H and O–H groups in total. The van der Waals surface area contributed by atoms with E-state index in [9.17, 15) is 0 Å². The van der Waals surface area contributed by atoms with Gasteiger partial charge in [-0.2, -0.15) is 23.3 Å². The zero-order valence-electron chi connectivity index (χ0n) is 6.88. The maximum Gasteiger partial charge on any atom is 0 e. The van der Waals surface area contributed by atoms with Gasteiger partial charge in [0, 0.05) is 21.7 Å². The Morgan fingerprint density at radius 3 is 2.42 bits per heavy atom. The molecule has 1 aliphatic rings. The third-order valence-electron chi connectivity index (χ3n) is 2.15. The van der Waals surface area contributed by atoms with Crippen molar-refractivity contribution in [1.29, 1.82) is 0 Å².